The van der Waals surface area contributed by atoms with Gasteiger partial charge in [-0.25, -0.2) is 0 Å². The Hall–Kier alpha value is -0.870. The molecule has 1 saturated carbocycles. The molecule has 108 valence electrons. The van der Waals surface area contributed by atoms with Crippen molar-refractivity contribution in [3.05, 3.63) is 12.2 Å². The summed E-state index contributed by atoms with van der Waals surface area (Å²) in [5.74, 6) is 0.887. The Morgan fingerprint density at radius 3 is 2.63 bits per heavy atom. The fraction of sp³-hybridized carbons (Fsp3) is 0.800. The van der Waals surface area contributed by atoms with Crippen molar-refractivity contribution in [3.63, 3.8) is 0 Å². The summed E-state index contributed by atoms with van der Waals surface area (Å²) in [5, 5.41) is 3.11. The highest BCUT2D eigenvalue weighted by Gasteiger charge is 2.18. The highest BCUT2D eigenvalue weighted by atomic mass is 16.5. The standard InChI is InChI=1S/C15H26N2O2/c1-13-4-6-14(7-5-13)16-15(18)3-2-8-17-9-11-19-12-10-17/h2-3,13-14H,4-12H2,1H3,(H,16,18)/b3-2+. The maximum Gasteiger partial charge on any atom is 0.243 e. The van der Waals surface area contributed by atoms with Crippen molar-refractivity contribution >= 4 is 5.91 Å². The molecule has 1 saturated heterocycles. The number of hydrogen-bond acceptors (Lipinski definition) is 3. The second-order valence-corrected chi connectivity index (χ2v) is 5.78. The second-order valence-electron chi connectivity index (χ2n) is 5.78. The molecule has 2 aliphatic rings. The molecule has 1 heterocycles. The van der Waals surface area contributed by atoms with E-state index >= 15 is 0 Å². The van der Waals surface area contributed by atoms with Crippen molar-refractivity contribution in [2.24, 2.45) is 5.92 Å². The normalized spacial score (nSPS) is 29.5. The monoisotopic (exact) mass is 266 g/mol. The molecule has 1 aliphatic heterocycles. The molecule has 0 aromatic rings. The quantitative estimate of drug-likeness (QED) is 0.785. The molecular formula is C15H26N2O2. The molecule has 2 fully saturated rings. The molecule has 0 aromatic heterocycles. The number of rotatable bonds is 4. The first-order valence-corrected chi connectivity index (χ1v) is 7.51. The van der Waals surface area contributed by atoms with E-state index < -0.39 is 0 Å². The van der Waals surface area contributed by atoms with Crippen LogP contribution >= 0.6 is 0 Å². The van der Waals surface area contributed by atoms with Crippen LogP contribution in [0.15, 0.2) is 12.2 Å². The topological polar surface area (TPSA) is 41.6 Å². The van der Waals surface area contributed by atoms with E-state index in [4.69, 9.17) is 4.74 Å². The number of nitrogens with zero attached hydrogens (tertiary/aromatic N) is 1. The van der Waals surface area contributed by atoms with Gasteiger partial charge in [0.2, 0.25) is 5.91 Å². The van der Waals surface area contributed by atoms with Crippen molar-refractivity contribution in [3.8, 4) is 0 Å². The van der Waals surface area contributed by atoms with Gasteiger partial charge in [-0.2, -0.15) is 0 Å². The number of nitrogens with one attached hydrogen (secondary N) is 1. The van der Waals surface area contributed by atoms with Crippen LogP contribution in [0, 0.1) is 5.92 Å². The third kappa shape index (κ3) is 5.33. The van der Waals surface area contributed by atoms with Crippen molar-refractivity contribution < 1.29 is 9.53 Å². The van der Waals surface area contributed by atoms with Crippen molar-refractivity contribution in [2.75, 3.05) is 32.8 Å². The van der Waals surface area contributed by atoms with Crippen molar-refractivity contribution in [1.82, 2.24) is 10.2 Å². The first kappa shape index (κ1) is 14.5. The van der Waals surface area contributed by atoms with Gasteiger partial charge in [0.05, 0.1) is 13.2 Å². The van der Waals surface area contributed by atoms with Crippen LogP contribution in [-0.4, -0.2) is 49.7 Å². The van der Waals surface area contributed by atoms with E-state index in [1.807, 2.05) is 6.08 Å². The zero-order chi connectivity index (χ0) is 13.5. The Kier molecular flexibility index (Phi) is 5.86. The van der Waals surface area contributed by atoms with Crippen LogP contribution in [0.2, 0.25) is 0 Å². The SMILES string of the molecule is CC1CCC(NC(=O)/C=C/CN2CCOCC2)CC1. The molecular weight excluding hydrogens is 240 g/mol. The largest absolute Gasteiger partial charge is 0.379 e. The van der Waals surface area contributed by atoms with Crippen LogP contribution in [0.4, 0.5) is 0 Å². The van der Waals surface area contributed by atoms with Crippen LogP contribution in [0.25, 0.3) is 0 Å². The maximum atomic E-state index is 11.8. The maximum absolute atomic E-state index is 11.8. The Bertz CT molecular complexity index is 303. The Labute approximate surface area is 116 Å². The van der Waals surface area contributed by atoms with Gasteiger partial charge in [-0.05, 0) is 31.6 Å². The third-order valence-corrected chi connectivity index (χ3v) is 4.10. The van der Waals surface area contributed by atoms with Crippen LogP contribution < -0.4 is 5.32 Å². The first-order chi connectivity index (χ1) is 9.24. The van der Waals surface area contributed by atoms with Gasteiger partial charge < -0.3 is 10.1 Å². The third-order valence-electron chi connectivity index (χ3n) is 4.10. The van der Waals surface area contributed by atoms with Crippen molar-refractivity contribution in [1.29, 1.82) is 0 Å². The van der Waals surface area contributed by atoms with Gasteiger partial charge in [0.1, 0.15) is 0 Å². The molecule has 0 bridgehead atoms. The lowest BCUT2D eigenvalue weighted by Gasteiger charge is -2.26. The molecule has 0 atom stereocenters. The predicted octanol–water partition coefficient (Wildman–Crippen LogP) is 1.57. The second kappa shape index (κ2) is 7.65. The fourth-order valence-electron chi connectivity index (χ4n) is 2.75. The summed E-state index contributed by atoms with van der Waals surface area (Å²) >= 11 is 0. The number of amides is 1. The van der Waals surface area contributed by atoms with Gasteiger partial charge in [0.25, 0.3) is 0 Å². The van der Waals surface area contributed by atoms with Gasteiger partial charge in [-0.1, -0.05) is 13.0 Å². The van der Waals surface area contributed by atoms with E-state index in [1.165, 1.54) is 12.8 Å². The number of carbonyl (C=O) groups is 1. The minimum Gasteiger partial charge on any atom is -0.379 e. The summed E-state index contributed by atoms with van der Waals surface area (Å²) in [5.41, 5.74) is 0. The summed E-state index contributed by atoms with van der Waals surface area (Å²) in [4.78, 5) is 14.1. The minimum absolute atomic E-state index is 0.0628. The Morgan fingerprint density at radius 1 is 1.26 bits per heavy atom. The van der Waals surface area contributed by atoms with E-state index in [0.29, 0.717) is 6.04 Å². The summed E-state index contributed by atoms with van der Waals surface area (Å²) in [6, 6.07) is 0.386. The molecule has 0 radical (unpaired) electrons. The molecule has 1 aliphatic carbocycles. The molecule has 0 spiro atoms. The van der Waals surface area contributed by atoms with E-state index in [-0.39, 0.29) is 5.91 Å². The smallest absolute Gasteiger partial charge is 0.243 e. The lowest BCUT2D eigenvalue weighted by Crippen LogP contribution is -2.37. The van der Waals surface area contributed by atoms with Gasteiger partial charge in [-0.3, -0.25) is 9.69 Å². The van der Waals surface area contributed by atoms with Gasteiger partial charge in [-0.15, -0.1) is 0 Å². The lowest BCUT2D eigenvalue weighted by molar-refractivity contribution is -0.117. The number of carbonyl (C=O) groups excluding carboxylic acids is 1. The number of morpholine rings is 1. The predicted molar refractivity (Wildman–Crippen MR) is 76.0 cm³/mol. The average molecular weight is 266 g/mol. The van der Waals surface area contributed by atoms with E-state index in [0.717, 1.165) is 51.6 Å². The van der Waals surface area contributed by atoms with E-state index in [1.54, 1.807) is 6.08 Å². The molecule has 0 aromatic carbocycles. The number of ether oxygens (including phenoxy) is 1. The average Bonchev–Trinajstić information content (AvgIpc) is 2.43. The molecule has 2 rings (SSSR count). The molecule has 0 unspecified atom stereocenters. The van der Waals surface area contributed by atoms with Gasteiger partial charge >= 0.3 is 0 Å². The van der Waals surface area contributed by atoms with Crippen molar-refractivity contribution in [2.45, 2.75) is 38.6 Å². The zero-order valence-corrected chi connectivity index (χ0v) is 11.9. The Balaban J connectivity index is 1.63. The summed E-state index contributed by atoms with van der Waals surface area (Å²) in [7, 11) is 0. The highest BCUT2D eigenvalue weighted by Crippen LogP contribution is 2.23. The fourth-order valence-corrected chi connectivity index (χ4v) is 2.75. The van der Waals surface area contributed by atoms with Crippen LogP contribution in [0.3, 0.4) is 0 Å². The van der Waals surface area contributed by atoms with Crippen LogP contribution in [-0.2, 0) is 9.53 Å². The molecule has 4 heteroatoms. The minimum atomic E-state index is 0.0628. The molecule has 1 N–H and O–H groups in total. The molecule has 4 nitrogen and oxygen atoms in total. The summed E-state index contributed by atoms with van der Waals surface area (Å²) in [6.07, 6.45) is 8.39. The van der Waals surface area contributed by atoms with Gasteiger partial charge in [0.15, 0.2) is 0 Å². The summed E-state index contributed by atoms with van der Waals surface area (Å²) < 4.78 is 5.29. The zero-order valence-electron chi connectivity index (χ0n) is 11.9. The van der Waals surface area contributed by atoms with Crippen LogP contribution in [0.5, 0.6) is 0 Å². The van der Waals surface area contributed by atoms with E-state index in [9.17, 15) is 4.79 Å². The number of hydrogen-bond donors (Lipinski definition) is 1. The highest BCUT2D eigenvalue weighted by molar-refractivity contribution is 5.87. The van der Waals surface area contributed by atoms with E-state index in [2.05, 4.69) is 17.1 Å². The van der Waals surface area contributed by atoms with Gasteiger partial charge in [0, 0.05) is 31.8 Å². The Morgan fingerprint density at radius 2 is 1.95 bits per heavy atom. The molecule has 1 amide bonds. The first-order valence-electron chi connectivity index (χ1n) is 7.51. The summed E-state index contributed by atoms with van der Waals surface area (Å²) in [6.45, 7) is 6.68. The molecule has 19 heavy (non-hydrogen) atoms. The van der Waals surface area contributed by atoms with Crippen LogP contribution in [0.1, 0.15) is 32.6 Å². The lowest BCUT2D eigenvalue weighted by atomic mass is 9.87.